The summed E-state index contributed by atoms with van der Waals surface area (Å²) in [5.41, 5.74) is 0.415. The summed E-state index contributed by atoms with van der Waals surface area (Å²) in [4.78, 5) is 40.9. The highest BCUT2D eigenvalue weighted by atomic mass is 19.4. The van der Waals surface area contributed by atoms with E-state index in [0.717, 1.165) is 36.6 Å². The van der Waals surface area contributed by atoms with Crippen LogP contribution in [0.1, 0.15) is 93.7 Å². The number of carbonyl (C=O) groups is 3. The van der Waals surface area contributed by atoms with Crippen LogP contribution in [-0.2, 0) is 9.59 Å². The molecule has 1 aromatic carbocycles. The van der Waals surface area contributed by atoms with E-state index < -0.39 is 47.7 Å². The fourth-order valence-electron chi connectivity index (χ4n) is 6.39. The van der Waals surface area contributed by atoms with Crippen molar-refractivity contribution in [1.29, 1.82) is 0 Å². The van der Waals surface area contributed by atoms with Gasteiger partial charge in [-0.1, -0.05) is 6.07 Å². The predicted octanol–water partition coefficient (Wildman–Crippen LogP) is 5.82. The van der Waals surface area contributed by atoms with Crippen LogP contribution < -0.4 is 10.6 Å². The molecule has 2 heterocycles. The molecule has 3 atom stereocenters. The third-order valence-electron chi connectivity index (χ3n) is 8.96. The van der Waals surface area contributed by atoms with Gasteiger partial charge in [-0.2, -0.15) is 18.3 Å². The molecule has 2 aromatic rings. The van der Waals surface area contributed by atoms with Crippen molar-refractivity contribution < 1.29 is 31.9 Å². The van der Waals surface area contributed by atoms with E-state index in [0.29, 0.717) is 30.4 Å². The van der Waals surface area contributed by atoms with Gasteiger partial charge in [-0.25, -0.2) is 4.39 Å². The Labute approximate surface area is 248 Å². The predicted molar refractivity (Wildman–Crippen MR) is 152 cm³/mol. The summed E-state index contributed by atoms with van der Waals surface area (Å²) in [7, 11) is 0. The first-order chi connectivity index (χ1) is 20.4. The second kappa shape index (κ2) is 12.3. The van der Waals surface area contributed by atoms with Crippen molar-refractivity contribution in [3.8, 4) is 0 Å². The number of alkyl halides is 3. The Morgan fingerprint density at radius 3 is 2.23 bits per heavy atom. The molecule has 0 bridgehead atoms. The molecular formula is C31H39F4N5O3. The number of carbonyl (C=O) groups excluding carboxylic acids is 3. The lowest BCUT2D eigenvalue weighted by Crippen LogP contribution is -2.52. The quantitative estimate of drug-likeness (QED) is 0.334. The molecule has 1 aliphatic heterocycles. The summed E-state index contributed by atoms with van der Waals surface area (Å²) in [6.45, 7) is 5.25. The molecule has 3 fully saturated rings. The standard InChI is InChI=1S/C31H39F4N5O3/c1-17(2)40-24(13-14-36-40)28(41)38-27(26(19-7-8-19)20-9-10-20)29(42)37-23-12-11-21(16-22(23)32)18(3)30(43)39-15-5-4-6-25(39)31(33,34)35/h11-14,16-20,25-27H,4-10,15H2,1-3H3,(H,37,42)(H,38,41)/t18-,25?,27-/m0/s1. The summed E-state index contributed by atoms with van der Waals surface area (Å²) >= 11 is 0. The summed E-state index contributed by atoms with van der Waals surface area (Å²) in [6.07, 6.45) is 1.56. The van der Waals surface area contributed by atoms with Crippen LogP contribution in [0.25, 0.3) is 0 Å². The van der Waals surface area contributed by atoms with Gasteiger partial charge in [0.05, 0.1) is 11.6 Å². The van der Waals surface area contributed by atoms with Crippen LogP contribution in [0.2, 0.25) is 0 Å². The minimum atomic E-state index is -4.53. The van der Waals surface area contributed by atoms with Gasteiger partial charge in [0.1, 0.15) is 23.6 Å². The van der Waals surface area contributed by atoms with Crippen molar-refractivity contribution in [2.45, 2.75) is 95.9 Å². The monoisotopic (exact) mass is 605 g/mol. The highest BCUT2D eigenvalue weighted by Gasteiger charge is 2.49. The van der Waals surface area contributed by atoms with Crippen LogP contribution in [0, 0.1) is 23.6 Å². The van der Waals surface area contributed by atoms with Crippen molar-refractivity contribution in [3.05, 3.63) is 47.5 Å². The number of piperidine rings is 1. The van der Waals surface area contributed by atoms with E-state index in [4.69, 9.17) is 0 Å². The first-order valence-corrected chi connectivity index (χ1v) is 15.2. The number of hydrogen-bond donors (Lipinski definition) is 2. The Kier molecular flexibility index (Phi) is 8.85. The first-order valence-electron chi connectivity index (χ1n) is 15.2. The SMILES string of the molecule is CC(C)n1nccc1C(=O)N[C@H](C(=O)Nc1ccc([C@H](C)C(=O)N2CCCCC2C(F)(F)F)cc1F)C(C1CC1)C1CC1. The van der Waals surface area contributed by atoms with E-state index >= 15 is 4.39 Å². The Morgan fingerprint density at radius 2 is 1.65 bits per heavy atom. The minimum Gasteiger partial charge on any atom is -0.339 e. The number of benzene rings is 1. The molecule has 5 rings (SSSR count). The van der Waals surface area contributed by atoms with Crippen LogP contribution in [0.15, 0.2) is 30.5 Å². The van der Waals surface area contributed by atoms with Gasteiger partial charge < -0.3 is 15.5 Å². The van der Waals surface area contributed by atoms with Gasteiger partial charge in [-0.05, 0) is 107 Å². The van der Waals surface area contributed by atoms with Gasteiger partial charge in [0, 0.05) is 18.8 Å². The van der Waals surface area contributed by atoms with Crippen LogP contribution >= 0.6 is 0 Å². The maximum absolute atomic E-state index is 15.4. The average Bonchev–Trinajstić information content (AvgIpc) is 3.91. The third kappa shape index (κ3) is 6.88. The zero-order valence-electron chi connectivity index (χ0n) is 24.7. The number of nitrogens with one attached hydrogen (secondary N) is 2. The maximum Gasteiger partial charge on any atom is 0.408 e. The number of likely N-dealkylation sites (tertiary alicyclic amines) is 1. The summed E-state index contributed by atoms with van der Waals surface area (Å²) in [6, 6.07) is 2.63. The van der Waals surface area contributed by atoms with Crippen molar-refractivity contribution >= 4 is 23.4 Å². The summed E-state index contributed by atoms with van der Waals surface area (Å²) < 4.78 is 57.7. The fraction of sp³-hybridized carbons (Fsp3) is 0.613. The maximum atomic E-state index is 15.4. The molecule has 43 heavy (non-hydrogen) atoms. The van der Waals surface area contributed by atoms with Crippen molar-refractivity contribution in [2.24, 2.45) is 17.8 Å². The number of halogens is 4. The smallest absolute Gasteiger partial charge is 0.339 e. The highest BCUT2D eigenvalue weighted by molar-refractivity contribution is 6.01. The zero-order chi connectivity index (χ0) is 31.1. The lowest BCUT2D eigenvalue weighted by Gasteiger charge is -2.38. The van der Waals surface area contributed by atoms with Crippen LogP contribution in [0.3, 0.4) is 0 Å². The molecule has 0 radical (unpaired) electrons. The minimum absolute atomic E-state index is 0.00179. The van der Waals surface area contributed by atoms with Crippen LogP contribution in [0.5, 0.6) is 0 Å². The van der Waals surface area contributed by atoms with E-state index in [9.17, 15) is 27.6 Å². The van der Waals surface area contributed by atoms with E-state index in [1.807, 2.05) is 13.8 Å². The Hall–Kier alpha value is -3.44. The Bertz CT molecular complexity index is 1340. The molecule has 2 aliphatic carbocycles. The molecular weight excluding hydrogens is 566 g/mol. The lowest BCUT2D eigenvalue weighted by atomic mass is 9.88. The van der Waals surface area contributed by atoms with Crippen LogP contribution in [0.4, 0.5) is 23.2 Å². The topological polar surface area (TPSA) is 96.3 Å². The Balaban J connectivity index is 1.33. The van der Waals surface area contributed by atoms with E-state index in [1.165, 1.54) is 25.3 Å². The van der Waals surface area contributed by atoms with Crippen molar-refractivity contribution in [1.82, 2.24) is 20.0 Å². The van der Waals surface area contributed by atoms with Gasteiger partial charge >= 0.3 is 6.18 Å². The van der Waals surface area contributed by atoms with Crippen molar-refractivity contribution in [2.75, 3.05) is 11.9 Å². The van der Waals surface area contributed by atoms with E-state index in [-0.39, 0.29) is 36.2 Å². The number of amides is 3. The molecule has 2 saturated carbocycles. The normalized spacial score (nSPS) is 20.7. The third-order valence-corrected chi connectivity index (χ3v) is 8.96. The number of hydrogen-bond acceptors (Lipinski definition) is 4. The second-order valence-corrected chi connectivity index (χ2v) is 12.5. The number of nitrogens with zero attached hydrogens (tertiary/aromatic N) is 3. The molecule has 1 saturated heterocycles. The summed E-state index contributed by atoms with van der Waals surface area (Å²) in [5.74, 6) is -2.98. The molecule has 3 amide bonds. The molecule has 0 spiro atoms. The van der Waals surface area contributed by atoms with Gasteiger partial charge in [0.15, 0.2) is 0 Å². The fourth-order valence-corrected chi connectivity index (χ4v) is 6.39. The first kappa shape index (κ1) is 31.0. The van der Waals surface area contributed by atoms with Gasteiger partial charge in [-0.3, -0.25) is 19.1 Å². The van der Waals surface area contributed by atoms with E-state index in [1.54, 1.807) is 10.7 Å². The molecule has 1 unspecified atom stereocenters. The largest absolute Gasteiger partial charge is 0.408 e. The number of anilines is 1. The van der Waals surface area contributed by atoms with Gasteiger partial charge in [-0.15, -0.1) is 0 Å². The number of rotatable bonds is 10. The number of aromatic nitrogens is 2. The van der Waals surface area contributed by atoms with Gasteiger partial charge in [0.2, 0.25) is 11.8 Å². The molecule has 3 aliphatic rings. The second-order valence-electron chi connectivity index (χ2n) is 12.5. The summed E-state index contributed by atoms with van der Waals surface area (Å²) in [5, 5.41) is 9.76. The highest BCUT2D eigenvalue weighted by Crippen LogP contribution is 2.51. The molecule has 8 nitrogen and oxygen atoms in total. The molecule has 1 aromatic heterocycles. The molecule has 2 N–H and O–H groups in total. The average molecular weight is 606 g/mol. The van der Waals surface area contributed by atoms with Crippen molar-refractivity contribution in [3.63, 3.8) is 0 Å². The lowest BCUT2D eigenvalue weighted by molar-refractivity contribution is -0.196. The van der Waals surface area contributed by atoms with Gasteiger partial charge in [0.25, 0.3) is 5.91 Å². The molecule has 234 valence electrons. The Morgan fingerprint density at radius 1 is 0.977 bits per heavy atom. The molecule has 12 heteroatoms. The zero-order valence-corrected chi connectivity index (χ0v) is 24.7. The van der Waals surface area contributed by atoms with Crippen LogP contribution in [-0.4, -0.2) is 57.2 Å². The van der Waals surface area contributed by atoms with E-state index in [2.05, 4.69) is 15.7 Å².